The van der Waals surface area contributed by atoms with E-state index in [4.69, 9.17) is 16.3 Å². The molecule has 1 saturated heterocycles. The lowest BCUT2D eigenvalue weighted by atomic mass is 9.84. The SMILES string of the molecule is O=C(CSc1nnc(-c2ccc(Cl)cc2)n1C[C@H]1CCCO1)Nc1ccc2c(c1)C(=O)c1ccccc1C2=O. The summed E-state index contributed by atoms with van der Waals surface area (Å²) < 4.78 is 7.83. The average molecular weight is 559 g/mol. The molecule has 1 atom stereocenters. The number of nitrogens with zero attached hydrogens (tertiary/aromatic N) is 3. The second kappa shape index (κ2) is 10.8. The number of ether oxygens (including phenoxy) is 1. The van der Waals surface area contributed by atoms with Crippen molar-refractivity contribution in [3.8, 4) is 11.4 Å². The second-order valence-electron chi connectivity index (χ2n) is 9.36. The predicted molar refractivity (Wildman–Crippen MR) is 149 cm³/mol. The predicted octanol–water partition coefficient (Wildman–Crippen LogP) is 5.28. The fraction of sp³-hybridized carbons (Fsp3) is 0.207. The summed E-state index contributed by atoms with van der Waals surface area (Å²) in [6.07, 6.45) is 2.02. The van der Waals surface area contributed by atoms with Crippen molar-refractivity contribution in [1.82, 2.24) is 14.8 Å². The summed E-state index contributed by atoms with van der Waals surface area (Å²) in [5.41, 5.74) is 2.71. The van der Waals surface area contributed by atoms with Crippen molar-refractivity contribution in [3.05, 3.63) is 94.0 Å². The van der Waals surface area contributed by atoms with Gasteiger partial charge in [0, 0.05) is 45.1 Å². The summed E-state index contributed by atoms with van der Waals surface area (Å²) in [5, 5.41) is 12.8. The minimum absolute atomic E-state index is 0.0566. The minimum Gasteiger partial charge on any atom is -0.376 e. The van der Waals surface area contributed by atoms with Crippen LogP contribution in [0.3, 0.4) is 0 Å². The topological polar surface area (TPSA) is 103 Å². The van der Waals surface area contributed by atoms with E-state index in [2.05, 4.69) is 15.5 Å². The van der Waals surface area contributed by atoms with Crippen LogP contribution >= 0.6 is 23.4 Å². The second-order valence-corrected chi connectivity index (χ2v) is 10.7. The summed E-state index contributed by atoms with van der Waals surface area (Å²) in [6.45, 7) is 1.31. The third-order valence-electron chi connectivity index (χ3n) is 6.77. The Morgan fingerprint density at radius 2 is 1.69 bits per heavy atom. The maximum Gasteiger partial charge on any atom is 0.234 e. The number of carbonyl (C=O) groups is 3. The molecule has 1 amide bonds. The van der Waals surface area contributed by atoms with Crippen molar-refractivity contribution in [1.29, 1.82) is 0 Å². The molecule has 1 fully saturated rings. The van der Waals surface area contributed by atoms with E-state index in [9.17, 15) is 14.4 Å². The highest BCUT2D eigenvalue weighted by molar-refractivity contribution is 7.99. The molecule has 0 spiro atoms. The molecule has 3 aromatic carbocycles. The van der Waals surface area contributed by atoms with Crippen LogP contribution in [-0.2, 0) is 16.1 Å². The summed E-state index contributed by atoms with van der Waals surface area (Å²) in [5.74, 6) is 0.0630. The maximum absolute atomic E-state index is 13.0. The van der Waals surface area contributed by atoms with Gasteiger partial charge in [0.05, 0.1) is 18.4 Å². The molecule has 39 heavy (non-hydrogen) atoms. The van der Waals surface area contributed by atoms with Crippen LogP contribution in [0.25, 0.3) is 11.4 Å². The molecule has 0 unspecified atom stereocenters. The number of hydrogen-bond donors (Lipinski definition) is 1. The minimum atomic E-state index is -0.269. The number of fused-ring (bicyclic) bond motifs is 2. The van der Waals surface area contributed by atoms with Gasteiger partial charge in [-0.2, -0.15) is 0 Å². The van der Waals surface area contributed by atoms with E-state index in [-0.39, 0.29) is 34.9 Å². The molecule has 0 radical (unpaired) electrons. The van der Waals surface area contributed by atoms with Crippen LogP contribution in [0.5, 0.6) is 0 Å². The van der Waals surface area contributed by atoms with Crippen molar-refractivity contribution >= 4 is 46.5 Å². The number of anilines is 1. The molecule has 1 aliphatic heterocycles. The van der Waals surface area contributed by atoms with Crippen LogP contribution in [0.2, 0.25) is 5.02 Å². The molecular weight excluding hydrogens is 536 g/mol. The number of halogens is 1. The summed E-state index contributed by atoms with van der Waals surface area (Å²) in [7, 11) is 0. The Bertz CT molecular complexity index is 1600. The number of thioether (sulfide) groups is 1. The lowest BCUT2D eigenvalue weighted by Gasteiger charge is -2.18. The Morgan fingerprint density at radius 3 is 2.41 bits per heavy atom. The first-order valence-electron chi connectivity index (χ1n) is 12.5. The molecule has 1 aromatic heterocycles. The number of aromatic nitrogens is 3. The molecule has 10 heteroatoms. The monoisotopic (exact) mass is 558 g/mol. The van der Waals surface area contributed by atoms with Gasteiger partial charge in [-0.15, -0.1) is 10.2 Å². The van der Waals surface area contributed by atoms with E-state index in [1.165, 1.54) is 11.8 Å². The molecule has 8 nitrogen and oxygen atoms in total. The van der Waals surface area contributed by atoms with Crippen molar-refractivity contribution in [2.75, 3.05) is 17.7 Å². The molecule has 2 heterocycles. The highest BCUT2D eigenvalue weighted by Crippen LogP contribution is 2.30. The van der Waals surface area contributed by atoms with Gasteiger partial charge in [-0.1, -0.05) is 47.6 Å². The molecule has 1 N–H and O–H groups in total. The lowest BCUT2D eigenvalue weighted by molar-refractivity contribution is -0.113. The molecule has 2 aliphatic rings. The van der Waals surface area contributed by atoms with E-state index in [1.807, 2.05) is 16.7 Å². The lowest BCUT2D eigenvalue weighted by Crippen LogP contribution is -2.22. The summed E-state index contributed by atoms with van der Waals surface area (Å²) >= 11 is 7.33. The first-order chi connectivity index (χ1) is 19.0. The van der Waals surface area contributed by atoms with Gasteiger partial charge in [-0.25, -0.2) is 0 Å². The number of ketones is 2. The van der Waals surface area contributed by atoms with Crippen LogP contribution < -0.4 is 5.32 Å². The van der Waals surface area contributed by atoms with Crippen LogP contribution in [0.1, 0.15) is 44.7 Å². The van der Waals surface area contributed by atoms with Gasteiger partial charge in [0.15, 0.2) is 22.5 Å². The zero-order chi connectivity index (χ0) is 26.9. The molecule has 0 bridgehead atoms. The Labute approximate surface area is 233 Å². The van der Waals surface area contributed by atoms with Gasteiger partial charge in [-0.05, 0) is 55.3 Å². The number of amides is 1. The fourth-order valence-electron chi connectivity index (χ4n) is 4.87. The van der Waals surface area contributed by atoms with E-state index in [0.29, 0.717) is 44.9 Å². The zero-order valence-electron chi connectivity index (χ0n) is 20.7. The Morgan fingerprint density at radius 1 is 0.974 bits per heavy atom. The standard InChI is InChI=1S/C29H23ClN4O4S/c30-18-9-7-17(8-10-18)28-32-33-29(34(28)15-20-4-3-13-38-20)39-16-25(35)31-19-11-12-23-24(14-19)27(37)22-6-2-1-5-21(22)26(23)36/h1-2,5-12,14,20H,3-4,13,15-16H2,(H,31,35)/t20-/m1/s1. The maximum atomic E-state index is 13.0. The smallest absolute Gasteiger partial charge is 0.234 e. The molecular formula is C29H23ClN4O4S. The number of rotatable bonds is 7. The zero-order valence-corrected chi connectivity index (χ0v) is 22.3. The van der Waals surface area contributed by atoms with Gasteiger partial charge in [0.1, 0.15) is 0 Å². The Hall–Kier alpha value is -3.79. The molecule has 4 aromatic rings. The molecule has 6 rings (SSSR count). The first-order valence-corrected chi connectivity index (χ1v) is 13.9. The summed E-state index contributed by atoms with van der Waals surface area (Å²) in [6, 6.07) is 18.9. The van der Waals surface area contributed by atoms with E-state index < -0.39 is 0 Å². The number of carbonyl (C=O) groups excluding carboxylic acids is 3. The quantitative estimate of drug-likeness (QED) is 0.271. The van der Waals surface area contributed by atoms with Crippen LogP contribution in [0, 0.1) is 0 Å². The van der Waals surface area contributed by atoms with Gasteiger partial charge in [0.2, 0.25) is 5.91 Å². The third kappa shape index (κ3) is 5.13. The van der Waals surface area contributed by atoms with E-state index in [1.54, 1.807) is 54.6 Å². The van der Waals surface area contributed by atoms with Gasteiger partial charge in [-0.3, -0.25) is 19.0 Å². The van der Waals surface area contributed by atoms with Crippen LogP contribution in [0.15, 0.2) is 71.9 Å². The Balaban J connectivity index is 1.18. The number of benzene rings is 3. The number of hydrogen-bond acceptors (Lipinski definition) is 7. The largest absolute Gasteiger partial charge is 0.376 e. The highest BCUT2D eigenvalue weighted by atomic mass is 35.5. The third-order valence-corrected chi connectivity index (χ3v) is 7.99. The normalized spacial score (nSPS) is 16.2. The van der Waals surface area contributed by atoms with Crippen LogP contribution in [-0.4, -0.2) is 50.7 Å². The van der Waals surface area contributed by atoms with Crippen LogP contribution in [0.4, 0.5) is 5.69 Å². The molecule has 0 saturated carbocycles. The van der Waals surface area contributed by atoms with Crippen molar-refractivity contribution in [3.63, 3.8) is 0 Å². The first kappa shape index (κ1) is 25.5. The van der Waals surface area contributed by atoms with Gasteiger partial charge in [0.25, 0.3) is 0 Å². The van der Waals surface area contributed by atoms with Crippen molar-refractivity contribution in [2.45, 2.75) is 30.6 Å². The van der Waals surface area contributed by atoms with Gasteiger partial charge >= 0.3 is 0 Å². The highest BCUT2D eigenvalue weighted by Gasteiger charge is 2.29. The molecule has 1 aliphatic carbocycles. The van der Waals surface area contributed by atoms with Crippen molar-refractivity contribution < 1.29 is 19.1 Å². The average Bonchev–Trinajstić information content (AvgIpc) is 3.61. The van der Waals surface area contributed by atoms with E-state index in [0.717, 1.165) is 25.0 Å². The molecule has 196 valence electrons. The summed E-state index contributed by atoms with van der Waals surface area (Å²) in [4.78, 5) is 38.8. The van der Waals surface area contributed by atoms with Crippen molar-refractivity contribution in [2.24, 2.45) is 0 Å². The van der Waals surface area contributed by atoms with Gasteiger partial charge < -0.3 is 10.1 Å². The Kier molecular flexibility index (Phi) is 7.03. The number of nitrogens with one attached hydrogen (secondary N) is 1. The fourth-order valence-corrected chi connectivity index (χ4v) is 5.74. The van der Waals surface area contributed by atoms with E-state index >= 15 is 0 Å².